The van der Waals surface area contributed by atoms with Gasteiger partial charge in [0.2, 0.25) is 0 Å². The van der Waals surface area contributed by atoms with Crippen LogP contribution in [0.4, 0.5) is 0 Å². The minimum atomic E-state index is -1.53. The predicted octanol–water partition coefficient (Wildman–Crippen LogP) is 7.31. The summed E-state index contributed by atoms with van der Waals surface area (Å²) in [5.74, 6) is 0. The van der Waals surface area contributed by atoms with Crippen LogP contribution in [0.25, 0.3) is 65.3 Å². The molecule has 7 aromatic rings. The standard InChI is InChI=1S/C34H23BO2/c36-35(37)32-20-19-31(25-11-3-4-12-26(25)32)34-29-15-7-5-13-27(29)33(28-14-6-8-16-30(28)34)24-18-17-22-9-1-2-10-23(22)21-24/h1-21,36-37H. The Morgan fingerprint density at radius 3 is 1.54 bits per heavy atom. The second-order valence-electron chi connectivity index (χ2n) is 9.52. The first-order valence-electron chi connectivity index (χ1n) is 12.5. The summed E-state index contributed by atoms with van der Waals surface area (Å²) in [6.07, 6.45) is 0. The van der Waals surface area contributed by atoms with Gasteiger partial charge in [-0.3, -0.25) is 0 Å². The average Bonchev–Trinajstić information content (AvgIpc) is 2.95. The van der Waals surface area contributed by atoms with Crippen molar-refractivity contribution in [1.29, 1.82) is 0 Å². The van der Waals surface area contributed by atoms with Crippen LogP contribution in [0.2, 0.25) is 0 Å². The second kappa shape index (κ2) is 8.60. The van der Waals surface area contributed by atoms with Gasteiger partial charge >= 0.3 is 7.12 Å². The first-order valence-corrected chi connectivity index (χ1v) is 12.5. The van der Waals surface area contributed by atoms with Gasteiger partial charge in [-0.15, -0.1) is 0 Å². The summed E-state index contributed by atoms with van der Waals surface area (Å²) in [7, 11) is -1.53. The zero-order valence-corrected chi connectivity index (χ0v) is 20.1. The maximum atomic E-state index is 10.0. The summed E-state index contributed by atoms with van der Waals surface area (Å²) in [5.41, 5.74) is 5.18. The Hall–Kier alpha value is -4.44. The average molecular weight is 474 g/mol. The zero-order chi connectivity index (χ0) is 24.9. The van der Waals surface area contributed by atoms with Gasteiger partial charge in [0.05, 0.1) is 0 Å². The summed E-state index contributed by atoms with van der Waals surface area (Å²) in [5, 5.41) is 29.1. The Bertz CT molecular complexity index is 1920. The van der Waals surface area contributed by atoms with E-state index in [1.54, 1.807) is 0 Å². The lowest BCUT2D eigenvalue weighted by molar-refractivity contribution is 0.426. The van der Waals surface area contributed by atoms with Crippen LogP contribution >= 0.6 is 0 Å². The normalized spacial score (nSPS) is 11.5. The van der Waals surface area contributed by atoms with Crippen molar-refractivity contribution in [3.05, 3.63) is 127 Å². The first kappa shape index (κ1) is 21.8. The van der Waals surface area contributed by atoms with Crippen molar-refractivity contribution >= 4 is 55.7 Å². The molecule has 7 aromatic carbocycles. The molecule has 0 aromatic heterocycles. The maximum Gasteiger partial charge on any atom is 0.489 e. The Balaban J connectivity index is 1.63. The highest BCUT2D eigenvalue weighted by molar-refractivity contribution is 6.62. The molecular formula is C34H23BO2. The number of fused-ring (bicyclic) bond motifs is 4. The van der Waals surface area contributed by atoms with Gasteiger partial charge < -0.3 is 10.0 Å². The van der Waals surface area contributed by atoms with Gasteiger partial charge in [0, 0.05) is 0 Å². The maximum absolute atomic E-state index is 10.0. The SMILES string of the molecule is OB(O)c1ccc(-c2c3ccccc3c(-c3ccc4ccccc4c3)c3ccccc23)c2ccccc12. The lowest BCUT2D eigenvalue weighted by Crippen LogP contribution is -2.30. The van der Waals surface area contributed by atoms with Crippen molar-refractivity contribution in [2.45, 2.75) is 0 Å². The molecule has 0 amide bonds. The van der Waals surface area contributed by atoms with Crippen molar-refractivity contribution in [2.75, 3.05) is 0 Å². The summed E-state index contributed by atoms with van der Waals surface area (Å²) in [6.45, 7) is 0. The lowest BCUT2D eigenvalue weighted by atomic mass is 9.75. The van der Waals surface area contributed by atoms with E-state index in [9.17, 15) is 10.0 Å². The summed E-state index contributed by atoms with van der Waals surface area (Å²) in [6, 6.07) is 44.3. The van der Waals surface area contributed by atoms with E-state index in [0.717, 1.165) is 21.9 Å². The smallest absolute Gasteiger partial charge is 0.423 e. The Morgan fingerprint density at radius 1 is 0.405 bits per heavy atom. The summed E-state index contributed by atoms with van der Waals surface area (Å²) >= 11 is 0. The molecule has 0 radical (unpaired) electrons. The molecule has 2 nitrogen and oxygen atoms in total. The van der Waals surface area contributed by atoms with Crippen molar-refractivity contribution < 1.29 is 10.0 Å². The quantitative estimate of drug-likeness (QED) is 0.208. The van der Waals surface area contributed by atoms with Crippen molar-refractivity contribution in [1.82, 2.24) is 0 Å². The van der Waals surface area contributed by atoms with E-state index < -0.39 is 7.12 Å². The predicted molar refractivity (Wildman–Crippen MR) is 157 cm³/mol. The summed E-state index contributed by atoms with van der Waals surface area (Å²) in [4.78, 5) is 0. The van der Waals surface area contributed by atoms with E-state index >= 15 is 0 Å². The largest absolute Gasteiger partial charge is 0.489 e. The molecule has 0 aliphatic rings. The van der Waals surface area contributed by atoms with Gasteiger partial charge in [-0.25, -0.2) is 0 Å². The molecule has 37 heavy (non-hydrogen) atoms. The highest BCUT2D eigenvalue weighted by Crippen LogP contribution is 2.45. The van der Waals surface area contributed by atoms with Gasteiger partial charge in [-0.05, 0) is 76.9 Å². The fraction of sp³-hybridized carbons (Fsp3) is 0. The molecule has 0 atom stereocenters. The second-order valence-corrected chi connectivity index (χ2v) is 9.52. The van der Waals surface area contributed by atoms with E-state index in [1.165, 1.54) is 43.4 Å². The van der Waals surface area contributed by atoms with Gasteiger partial charge in [0.25, 0.3) is 0 Å². The fourth-order valence-electron chi connectivity index (χ4n) is 5.84. The third-order valence-electron chi connectivity index (χ3n) is 7.47. The van der Waals surface area contributed by atoms with Crippen LogP contribution in [0.15, 0.2) is 127 Å². The van der Waals surface area contributed by atoms with Crippen LogP contribution in [-0.2, 0) is 0 Å². The fourth-order valence-corrected chi connectivity index (χ4v) is 5.84. The number of rotatable bonds is 3. The van der Waals surface area contributed by atoms with Crippen LogP contribution in [0, 0.1) is 0 Å². The minimum Gasteiger partial charge on any atom is -0.423 e. The van der Waals surface area contributed by atoms with Crippen LogP contribution in [-0.4, -0.2) is 17.2 Å². The third-order valence-corrected chi connectivity index (χ3v) is 7.47. The molecule has 0 heterocycles. The molecule has 7 rings (SSSR count). The number of hydrogen-bond donors (Lipinski definition) is 2. The number of hydrogen-bond acceptors (Lipinski definition) is 2. The highest BCUT2D eigenvalue weighted by Gasteiger charge is 2.21. The van der Waals surface area contributed by atoms with E-state index in [4.69, 9.17) is 0 Å². The lowest BCUT2D eigenvalue weighted by Gasteiger charge is -2.19. The molecule has 0 fully saturated rings. The van der Waals surface area contributed by atoms with E-state index in [-0.39, 0.29) is 0 Å². The minimum absolute atomic E-state index is 0.515. The van der Waals surface area contributed by atoms with Gasteiger partial charge in [0.1, 0.15) is 0 Å². The highest BCUT2D eigenvalue weighted by atomic mass is 16.4. The Morgan fingerprint density at radius 2 is 0.919 bits per heavy atom. The topological polar surface area (TPSA) is 40.5 Å². The molecule has 174 valence electrons. The van der Waals surface area contributed by atoms with Gasteiger partial charge in [0.15, 0.2) is 0 Å². The third kappa shape index (κ3) is 3.44. The van der Waals surface area contributed by atoms with Crippen LogP contribution < -0.4 is 5.46 Å². The van der Waals surface area contributed by atoms with Crippen molar-refractivity contribution in [3.63, 3.8) is 0 Å². The van der Waals surface area contributed by atoms with E-state index in [0.29, 0.717) is 5.46 Å². The molecular weight excluding hydrogens is 451 g/mol. The van der Waals surface area contributed by atoms with Crippen molar-refractivity contribution in [3.8, 4) is 22.3 Å². The molecule has 0 spiro atoms. The molecule has 3 heteroatoms. The van der Waals surface area contributed by atoms with Gasteiger partial charge in [-0.1, -0.05) is 121 Å². The zero-order valence-electron chi connectivity index (χ0n) is 20.1. The van der Waals surface area contributed by atoms with Crippen molar-refractivity contribution in [2.24, 2.45) is 0 Å². The molecule has 0 saturated carbocycles. The Kier molecular flexibility index (Phi) is 5.07. The molecule has 0 unspecified atom stereocenters. The monoisotopic (exact) mass is 474 g/mol. The summed E-state index contributed by atoms with van der Waals surface area (Å²) < 4.78 is 0. The van der Waals surface area contributed by atoms with Gasteiger partial charge in [-0.2, -0.15) is 0 Å². The van der Waals surface area contributed by atoms with Crippen LogP contribution in [0.1, 0.15) is 0 Å². The molecule has 0 aliphatic heterocycles. The van der Waals surface area contributed by atoms with Crippen LogP contribution in [0.5, 0.6) is 0 Å². The molecule has 0 bridgehead atoms. The van der Waals surface area contributed by atoms with E-state index in [1.807, 2.05) is 30.3 Å². The van der Waals surface area contributed by atoms with Crippen LogP contribution in [0.3, 0.4) is 0 Å². The number of benzene rings is 7. The first-order chi connectivity index (χ1) is 18.2. The molecule has 2 N–H and O–H groups in total. The van der Waals surface area contributed by atoms with E-state index in [2.05, 4.69) is 97.1 Å². The molecule has 0 saturated heterocycles. The molecule has 0 aliphatic carbocycles. The Labute approximate surface area is 215 Å².